The van der Waals surface area contributed by atoms with Crippen molar-refractivity contribution in [3.63, 3.8) is 0 Å². The minimum absolute atomic E-state index is 0.0921. The first kappa shape index (κ1) is 16.7. The van der Waals surface area contributed by atoms with Gasteiger partial charge >= 0.3 is 5.56 Å². The molecule has 0 saturated carbocycles. The zero-order valence-corrected chi connectivity index (χ0v) is 14.6. The number of ether oxygens (including phenoxy) is 1. The molecule has 0 saturated heterocycles. The van der Waals surface area contributed by atoms with Crippen LogP contribution in [0.4, 0.5) is 0 Å². The van der Waals surface area contributed by atoms with Gasteiger partial charge in [0.05, 0.1) is 19.2 Å². The average molecular weight is 360 g/mol. The third kappa shape index (κ3) is 2.99. The Hall–Kier alpha value is -3.74. The molecule has 1 aromatic carbocycles. The Bertz CT molecular complexity index is 1170. The molecule has 0 N–H and O–H groups in total. The van der Waals surface area contributed by atoms with Crippen molar-refractivity contribution in [3.8, 4) is 22.8 Å². The van der Waals surface area contributed by atoms with Gasteiger partial charge in [0.15, 0.2) is 0 Å². The van der Waals surface area contributed by atoms with E-state index in [9.17, 15) is 9.90 Å². The fourth-order valence-electron chi connectivity index (χ4n) is 3.05. The van der Waals surface area contributed by atoms with E-state index in [1.807, 2.05) is 0 Å². The second kappa shape index (κ2) is 6.87. The first-order valence-electron chi connectivity index (χ1n) is 8.31. The van der Waals surface area contributed by atoms with Gasteiger partial charge in [-0.1, -0.05) is 18.2 Å². The van der Waals surface area contributed by atoms with Gasteiger partial charge in [0.2, 0.25) is 0 Å². The van der Waals surface area contributed by atoms with Gasteiger partial charge in [0.1, 0.15) is 24.2 Å². The van der Waals surface area contributed by atoms with Crippen LogP contribution in [0, 0.1) is 0 Å². The Morgan fingerprint density at radius 3 is 2.74 bits per heavy atom. The minimum Gasteiger partial charge on any atom is -0.842 e. The van der Waals surface area contributed by atoms with E-state index in [2.05, 4.69) is 9.97 Å². The van der Waals surface area contributed by atoms with E-state index in [-0.39, 0.29) is 23.5 Å². The fraction of sp³-hybridized carbons (Fsp3) is 0.100. The Morgan fingerprint density at radius 1 is 1.15 bits per heavy atom. The van der Waals surface area contributed by atoms with E-state index in [0.29, 0.717) is 17.0 Å². The molecule has 0 aliphatic carbocycles. The van der Waals surface area contributed by atoms with Gasteiger partial charge in [0, 0.05) is 24.0 Å². The van der Waals surface area contributed by atoms with Gasteiger partial charge in [0.25, 0.3) is 5.65 Å². The predicted molar refractivity (Wildman–Crippen MR) is 96.4 cm³/mol. The maximum absolute atomic E-state index is 13.3. The Labute approximate surface area is 154 Å². The zero-order chi connectivity index (χ0) is 18.8. The van der Waals surface area contributed by atoms with Crippen LogP contribution in [0.15, 0.2) is 72.2 Å². The summed E-state index contributed by atoms with van der Waals surface area (Å²) in [5.41, 5.74) is 1.50. The van der Waals surface area contributed by atoms with Crippen molar-refractivity contribution in [3.05, 3.63) is 83.3 Å². The molecule has 3 heterocycles. The molecule has 0 spiro atoms. The molecule has 0 atom stereocenters. The number of fused-ring (bicyclic) bond motifs is 1. The molecule has 0 fully saturated rings. The van der Waals surface area contributed by atoms with Crippen molar-refractivity contribution in [2.75, 3.05) is 7.11 Å². The largest absolute Gasteiger partial charge is 0.842 e. The predicted octanol–water partition coefficient (Wildman–Crippen LogP) is 1.17. The molecule has 0 radical (unpaired) electrons. The molecule has 0 amide bonds. The molecule has 0 aliphatic rings. The second-order valence-electron chi connectivity index (χ2n) is 5.98. The van der Waals surface area contributed by atoms with Crippen LogP contribution in [0.1, 0.15) is 5.56 Å². The van der Waals surface area contributed by atoms with Crippen LogP contribution >= 0.6 is 0 Å². The molecule has 7 nitrogen and oxygen atoms in total. The van der Waals surface area contributed by atoms with E-state index >= 15 is 0 Å². The standard InChI is InChI=1S/C20H16N4O3/c1-27-16-6-4-5-15(9-16)18-19(25)23-8-3-2-7-17(23)24(20(18)26)12-14-10-21-13-22-11-14/h2-11,13H,12H2,1H3. The number of methoxy groups -OCH3 is 1. The van der Waals surface area contributed by atoms with Crippen molar-refractivity contribution in [1.29, 1.82) is 0 Å². The number of nitrogens with zero attached hydrogens (tertiary/aromatic N) is 4. The fourth-order valence-corrected chi connectivity index (χ4v) is 3.05. The number of rotatable bonds is 4. The first-order chi connectivity index (χ1) is 13.2. The van der Waals surface area contributed by atoms with E-state index < -0.39 is 0 Å². The third-order valence-electron chi connectivity index (χ3n) is 4.32. The van der Waals surface area contributed by atoms with Crippen LogP contribution in [-0.2, 0) is 6.54 Å². The van der Waals surface area contributed by atoms with Gasteiger partial charge < -0.3 is 9.84 Å². The van der Waals surface area contributed by atoms with Gasteiger partial charge in [-0.3, -0.25) is 0 Å². The lowest BCUT2D eigenvalue weighted by Crippen LogP contribution is -2.44. The molecule has 4 rings (SSSR count). The van der Waals surface area contributed by atoms with Crippen molar-refractivity contribution < 1.29 is 14.4 Å². The van der Waals surface area contributed by atoms with E-state index in [4.69, 9.17) is 4.74 Å². The lowest BCUT2D eigenvalue weighted by Gasteiger charge is -2.17. The monoisotopic (exact) mass is 360 g/mol. The minimum atomic E-state index is -0.372. The third-order valence-corrected chi connectivity index (χ3v) is 4.32. The topological polar surface area (TPSA) is 83.4 Å². The molecular formula is C20H16N4O3. The van der Waals surface area contributed by atoms with Gasteiger partial charge in [-0.2, -0.15) is 4.40 Å². The van der Waals surface area contributed by atoms with Crippen molar-refractivity contribution in [2.45, 2.75) is 6.54 Å². The molecule has 4 aromatic rings. The maximum Gasteiger partial charge on any atom is 0.349 e. The van der Waals surface area contributed by atoms with Crippen molar-refractivity contribution in [2.24, 2.45) is 0 Å². The molecule has 0 aliphatic heterocycles. The second-order valence-corrected chi connectivity index (χ2v) is 5.98. The summed E-state index contributed by atoms with van der Waals surface area (Å²) in [6.45, 7) is 0.254. The Morgan fingerprint density at radius 2 is 1.96 bits per heavy atom. The summed E-state index contributed by atoms with van der Waals surface area (Å²) in [6, 6.07) is 12.2. The zero-order valence-electron chi connectivity index (χ0n) is 14.6. The lowest BCUT2D eigenvalue weighted by molar-refractivity contribution is -0.708. The van der Waals surface area contributed by atoms with Crippen molar-refractivity contribution >= 4 is 5.65 Å². The molecule has 0 bridgehead atoms. The summed E-state index contributed by atoms with van der Waals surface area (Å²) in [5, 5.41) is 13.3. The SMILES string of the molecule is COc1cccc(-c2c([O-])[n+](Cc3cncnc3)c3ccccn3c2=O)c1. The van der Waals surface area contributed by atoms with Crippen LogP contribution in [-0.4, -0.2) is 21.5 Å². The highest BCUT2D eigenvalue weighted by atomic mass is 16.5. The summed E-state index contributed by atoms with van der Waals surface area (Å²) in [6.07, 6.45) is 6.38. The highest BCUT2D eigenvalue weighted by Gasteiger charge is 2.20. The quantitative estimate of drug-likeness (QED) is 0.510. The van der Waals surface area contributed by atoms with Gasteiger partial charge in [-0.25, -0.2) is 19.3 Å². The van der Waals surface area contributed by atoms with Crippen molar-refractivity contribution in [1.82, 2.24) is 14.4 Å². The van der Waals surface area contributed by atoms with Crippen LogP contribution in [0.5, 0.6) is 11.6 Å². The van der Waals surface area contributed by atoms with Crippen LogP contribution in [0.3, 0.4) is 0 Å². The Kier molecular flexibility index (Phi) is 4.25. The van der Waals surface area contributed by atoms with E-state index in [1.54, 1.807) is 72.7 Å². The normalized spacial score (nSPS) is 10.9. The molecule has 27 heavy (non-hydrogen) atoms. The summed E-state index contributed by atoms with van der Waals surface area (Å²) in [5.74, 6) is 0.204. The lowest BCUT2D eigenvalue weighted by atomic mass is 10.1. The maximum atomic E-state index is 13.3. The highest BCUT2D eigenvalue weighted by Crippen LogP contribution is 2.25. The summed E-state index contributed by atoms with van der Waals surface area (Å²) in [7, 11) is 1.54. The number of hydrogen-bond donors (Lipinski definition) is 0. The highest BCUT2D eigenvalue weighted by molar-refractivity contribution is 5.68. The number of benzene rings is 1. The number of aromatic nitrogens is 4. The molecule has 3 aromatic heterocycles. The van der Waals surface area contributed by atoms with E-state index in [0.717, 1.165) is 5.56 Å². The van der Waals surface area contributed by atoms with Crippen LogP contribution in [0.2, 0.25) is 0 Å². The van der Waals surface area contributed by atoms with E-state index in [1.165, 1.54) is 10.7 Å². The molecular weight excluding hydrogens is 344 g/mol. The first-order valence-corrected chi connectivity index (χ1v) is 8.31. The molecule has 0 unspecified atom stereocenters. The Balaban J connectivity index is 2.01. The smallest absolute Gasteiger partial charge is 0.349 e. The number of pyridine rings is 1. The average Bonchev–Trinajstić information content (AvgIpc) is 2.72. The summed E-state index contributed by atoms with van der Waals surface area (Å²) < 4.78 is 8.26. The summed E-state index contributed by atoms with van der Waals surface area (Å²) in [4.78, 5) is 21.0. The molecule has 134 valence electrons. The van der Waals surface area contributed by atoms with Gasteiger partial charge in [-0.15, -0.1) is 0 Å². The van der Waals surface area contributed by atoms with Gasteiger partial charge in [-0.05, 0) is 23.8 Å². The summed E-state index contributed by atoms with van der Waals surface area (Å²) >= 11 is 0. The van der Waals surface area contributed by atoms with Crippen LogP contribution < -0.4 is 20.0 Å². The van der Waals surface area contributed by atoms with Crippen LogP contribution in [0.25, 0.3) is 16.8 Å². The number of hydrogen-bond acceptors (Lipinski definition) is 5. The molecule has 7 heteroatoms.